The zero-order chi connectivity index (χ0) is 21.5. The van der Waals surface area contributed by atoms with Gasteiger partial charge in [-0.25, -0.2) is 4.79 Å². The zero-order valence-electron chi connectivity index (χ0n) is 17.7. The van der Waals surface area contributed by atoms with E-state index in [1.807, 2.05) is 0 Å². The van der Waals surface area contributed by atoms with Gasteiger partial charge in [0.2, 0.25) is 11.9 Å². The Morgan fingerprint density at radius 2 is 1.74 bits per heavy atom. The molecule has 3 amide bonds. The highest BCUT2D eigenvalue weighted by molar-refractivity contribution is 6.14. The number of fused-ring (bicyclic) bond motifs is 1. The minimum atomic E-state index is -0.533. The molecule has 3 aliphatic rings. The summed E-state index contributed by atoms with van der Waals surface area (Å²) in [7, 11) is 4.27. The van der Waals surface area contributed by atoms with Gasteiger partial charge in [0.05, 0.1) is 6.20 Å². The molecule has 2 aliphatic carbocycles. The van der Waals surface area contributed by atoms with E-state index in [2.05, 4.69) is 50.3 Å². The van der Waals surface area contributed by atoms with Crippen LogP contribution in [0.1, 0.15) is 44.1 Å². The van der Waals surface area contributed by atoms with Crippen molar-refractivity contribution in [2.75, 3.05) is 24.7 Å². The molecular formula is C20H27N9O2. The lowest BCUT2D eigenvalue weighted by molar-refractivity contribution is -0.115. The summed E-state index contributed by atoms with van der Waals surface area (Å²) in [5, 5.41) is 16.0. The lowest BCUT2D eigenvalue weighted by atomic mass is 9.91. The second-order valence-electron chi connectivity index (χ2n) is 8.70. The van der Waals surface area contributed by atoms with Gasteiger partial charge in [-0.2, -0.15) is 19.6 Å². The quantitative estimate of drug-likeness (QED) is 0.401. The Morgan fingerprint density at radius 1 is 1.03 bits per heavy atom. The van der Waals surface area contributed by atoms with E-state index >= 15 is 0 Å². The largest absolute Gasteiger partial charge is 0.351 e. The van der Waals surface area contributed by atoms with Gasteiger partial charge >= 0.3 is 6.03 Å². The van der Waals surface area contributed by atoms with Crippen molar-refractivity contribution in [3.63, 3.8) is 0 Å². The van der Waals surface area contributed by atoms with Crippen molar-refractivity contribution < 1.29 is 9.59 Å². The Morgan fingerprint density at radius 3 is 2.39 bits per heavy atom. The number of amides is 3. The lowest BCUT2D eigenvalue weighted by Gasteiger charge is -2.33. The van der Waals surface area contributed by atoms with Gasteiger partial charge in [0.15, 0.2) is 5.65 Å². The molecule has 0 spiro atoms. The van der Waals surface area contributed by atoms with Crippen LogP contribution >= 0.6 is 0 Å². The Hall–Kier alpha value is -3.21. The maximum atomic E-state index is 11.9. The van der Waals surface area contributed by atoms with Crippen LogP contribution in [0, 0.1) is 0 Å². The molecule has 5 rings (SSSR count). The van der Waals surface area contributed by atoms with Crippen LogP contribution in [0.2, 0.25) is 0 Å². The lowest BCUT2D eigenvalue weighted by Crippen LogP contribution is -2.36. The van der Waals surface area contributed by atoms with Crippen LogP contribution in [0.5, 0.6) is 0 Å². The van der Waals surface area contributed by atoms with Crippen molar-refractivity contribution in [3.05, 3.63) is 17.5 Å². The number of nitrogens with zero attached hydrogens (tertiary/aromatic N) is 5. The predicted molar refractivity (Wildman–Crippen MR) is 115 cm³/mol. The van der Waals surface area contributed by atoms with E-state index < -0.39 is 11.9 Å². The van der Waals surface area contributed by atoms with Gasteiger partial charge in [0.25, 0.3) is 5.91 Å². The molecule has 31 heavy (non-hydrogen) atoms. The molecule has 4 N–H and O–H groups in total. The third-order valence-corrected chi connectivity index (χ3v) is 6.09. The number of carbonyl (C=O) groups is 2. The van der Waals surface area contributed by atoms with Crippen molar-refractivity contribution in [1.29, 1.82) is 0 Å². The standard InChI is InChI=1S/C20H27N9O2/c1-28(2)14-7-5-12(6-8-14)22-18-25-16-11(9-15-17(30)26-20(31)24-15)10-21-29(16)19(27-18)23-13-3-4-13/h9-10,12-14H,3-8H2,1-2H3,(H2,22,23,25,27)(H2,24,26,30,31)/b15-9-. The van der Waals surface area contributed by atoms with Gasteiger partial charge < -0.3 is 20.9 Å². The smallest absolute Gasteiger partial charge is 0.326 e. The monoisotopic (exact) mass is 425 g/mol. The molecule has 2 aromatic heterocycles. The molecule has 164 valence electrons. The number of carbonyl (C=O) groups excluding carboxylic acids is 2. The number of urea groups is 1. The van der Waals surface area contributed by atoms with Crippen LogP contribution in [0.25, 0.3) is 11.7 Å². The molecule has 0 radical (unpaired) electrons. The predicted octanol–water partition coefficient (Wildman–Crippen LogP) is 1.16. The molecule has 3 heterocycles. The first-order chi connectivity index (χ1) is 15.0. The highest BCUT2D eigenvalue weighted by atomic mass is 16.2. The zero-order valence-corrected chi connectivity index (χ0v) is 17.7. The van der Waals surface area contributed by atoms with Crippen LogP contribution in [0.4, 0.5) is 16.7 Å². The average molecular weight is 425 g/mol. The minimum Gasteiger partial charge on any atom is -0.351 e. The summed E-state index contributed by atoms with van der Waals surface area (Å²) in [4.78, 5) is 35.0. The molecule has 1 aliphatic heterocycles. The average Bonchev–Trinajstić information content (AvgIpc) is 3.37. The normalized spacial score (nSPS) is 25.2. The van der Waals surface area contributed by atoms with Crippen molar-refractivity contribution in [2.45, 2.75) is 56.7 Å². The summed E-state index contributed by atoms with van der Waals surface area (Å²) in [6.45, 7) is 0. The van der Waals surface area contributed by atoms with E-state index in [9.17, 15) is 9.59 Å². The SMILES string of the molecule is CN(C)C1CCC(Nc2nc(NC3CC3)n3ncc(/C=C4\NC(=O)NC4=O)c3n2)CC1. The molecule has 11 nitrogen and oxygen atoms in total. The molecule has 1 saturated heterocycles. The highest BCUT2D eigenvalue weighted by Crippen LogP contribution is 2.27. The molecule has 0 atom stereocenters. The number of hydrogen-bond donors (Lipinski definition) is 4. The van der Waals surface area contributed by atoms with Gasteiger partial charge in [0.1, 0.15) is 5.70 Å². The Balaban J connectivity index is 1.44. The van der Waals surface area contributed by atoms with E-state index in [-0.39, 0.29) is 5.70 Å². The second kappa shape index (κ2) is 7.80. The molecule has 0 unspecified atom stereocenters. The van der Waals surface area contributed by atoms with Crippen LogP contribution in [0.15, 0.2) is 11.9 Å². The van der Waals surface area contributed by atoms with E-state index in [1.54, 1.807) is 16.8 Å². The summed E-state index contributed by atoms with van der Waals surface area (Å²) in [5.74, 6) is 0.705. The second-order valence-corrected chi connectivity index (χ2v) is 8.70. The highest BCUT2D eigenvalue weighted by Gasteiger charge is 2.27. The number of hydrogen-bond acceptors (Lipinski definition) is 8. The van der Waals surface area contributed by atoms with Crippen LogP contribution in [-0.2, 0) is 4.79 Å². The summed E-state index contributed by atoms with van der Waals surface area (Å²) < 4.78 is 1.65. The molecule has 0 aromatic carbocycles. The summed E-state index contributed by atoms with van der Waals surface area (Å²) in [6.07, 6.45) is 9.82. The molecule has 11 heteroatoms. The fourth-order valence-corrected chi connectivity index (χ4v) is 4.12. The van der Waals surface area contributed by atoms with Crippen molar-refractivity contribution in [2.24, 2.45) is 0 Å². The van der Waals surface area contributed by atoms with E-state index in [0.29, 0.717) is 41.2 Å². The van der Waals surface area contributed by atoms with E-state index in [0.717, 1.165) is 38.5 Å². The maximum Gasteiger partial charge on any atom is 0.326 e. The Labute approximate surface area is 179 Å². The molecule has 0 bridgehead atoms. The minimum absolute atomic E-state index is 0.173. The third kappa shape index (κ3) is 4.18. The number of anilines is 2. The molecular weight excluding hydrogens is 398 g/mol. The van der Waals surface area contributed by atoms with Crippen LogP contribution in [-0.4, -0.2) is 68.6 Å². The van der Waals surface area contributed by atoms with Gasteiger partial charge in [-0.15, -0.1) is 0 Å². The fourth-order valence-electron chi connectivity index (χ4n) is 4.12. The maximum absolute atomic E-state index is 11.9. The van der Waals surface area contributed by atoms with Gasteiger partial charge in [-0.1, -0.05) is 0 Å². The van der Waals surface area contributed by atoms with Gasteiger partial charge in [-0.05, 0) is 58.7 Å². The van der Waals surface area contributed by atoms with Crippen LogP contribution < -0.4 is 21.3 Å². The Bertz CT molecular complexity index is 1050. The van der Waals surface area contributed by atoms with Crippen molar-refractivity contribution >= 4 is 35.6 Å². The first-order valence-corrected chi connectivity index (χ1v) is 10.8. The number of aromatic nitrogens is 4. The van der Waals surface area contributed by atoms with E-state index in [1.165, 1.54) is 0 Å². The van der Waals surface area contributed by atoms with Crippen molar-refractivity contribution in [3.8, 4) is 0 Å². The van der Waals surface area contributed by atoms with Crippen LogP contribution in [0.3, 0.4) is 0 Å². The number of nitrogens with one attached hydrogen (secondary N) is 4. The fraction of sp³-hybridized carbons (Fsp3) is 0.550. The molecule has 2 saturated carbocycles. The third-order valence-electron chi connectivity index (χ3n) is 6.09. The number of imide groups is 1. The first-order valence-electron chi connectivity index (χ1n) is 10.8. The van der Waals surface area contributed by atoms with Crippen molar-refractivity contribution in [1.82, 2.24) is 35.1 Å². The molecule has 2 aromatic rings. The summed E-state index contributed by atoms with van der Waals surface area (Å²) >= 11 is 0. The topological polar surface area (TPSA) is 129 Å². The first kappa shape index (κ1) is 19.7. The van der Waals surface area contributed by atoms with Gasteiger partial charge in [-0.3, -0.25) is 10.1 Å². The van der Waals surface area contributed by atoms with E-state index in [4.69, 9.17) is 4.98 Å². The summed E-state index contributed by atoms with van der Waals surface area (Å²) in [6, 6.07) is 0.799. The summed E-state index contributed by atoms with van der Waals surface area (Å²) in [5.41, 5.74) is 1.38. The molecule has 3 fully saturated rings. The van der Waals surface area contributed by atoms with Gasteiger partial charge in [0, 0.05) is 23.7 Å². The number of rotatable bonds is 6. The Kier molecular flexibility index (Phi) is 4.97.